The number of amides is 1. The fourth-order valence-electron chi connectivity index (χ4n) is 2.19. The van der Waals surface area contributed by atoms with Gasteiger partial charge in [0.05, 0.1) is 17.4 Å². The molecule has 0 saturated heterocycles. The van der Waals surface area contributed by atoms with Gasteiger partial charge in [-0.05, 0) is 38.5 Å². The first-order valence-electron chi connectivity index (χ1n) is 8.38. The van der Waals surface area contributed by atoms with Crippen molar-refractivity contribution in [3.63, 3.8) is 0 Å². The molecule has 0 aliphatic carbocycles. The molecule has 0 aliphatic heterocycles. The molecule has 0 atom stereocenters. The fourth-order valence-corrected chi connectivity index (χ4v) is 2.19. The monoisotopic (exact) mass is 354 g/mol. The zero-order valence-electron chi connectivity index (χ0n) is 15.1. The van der Waals surface area contributed by atoms with Gasteiger partial charge in [0.2, 0.25) is 11.8 Å². The second kappa shape index (κ2) is 8.72. The van der Waals surface area contributed by atoms with E-state index in [2.05, 4.69) is 16.4 Å². The van der Waals surface area contributed by atoms with Gasteiger partial charge < -0.3 is 20.5 Å². The minimum Gasteiger partial charge on any atom is -0.489 e. The quantitative estimate of drug-likeness (QED) is 0.781. The van der Waals surface area contributed by atoms with Crippen LogP contribution in [-0.2, 0) is 4.79 Å². The topological polar surface area (TPSA) is 110 Å². The number of pyridine rings is 1. The molecule has 3 N–H and O–H groups in total. The van der Waals surface area contributed by atoms with Gasteiger partial charge in [0, 0.05) is 18.6 Å². The Morgan fingerprint density at radius 1 is 1.35 bits per heavy atom. The number of ether oxygens (including phenoxy) is 2. The minimum atomic E-state index is -0.114. The van der Waals surface area contributed by atoms with Crippen LogP contribution in [0.5, 0.6) is 17.4 Å². The van der Waals surface area contributed by atoms with Crippen LogP contribution in [0.15, 0.2) is 30.3 Å². The molecule has 0 unspecified atom stereocenters. The molecule has 1 aromatic carbocycles. The van der Waals surface area contributed by atoms with Crippen LogP contribution in [0.3, 0.4) is 0 Å². The number of anilines is 2. The normalized spacial score (nSPS) is 10.3. The largest absolute Gasteiger partial charge is 0.489 e. The zero-order valence-corrected chi connectivity index (χ0v) is 15.1. The van der Waals surface area contributed by atoms with Gasteiger partial charge in [-0.25, -0.2) is 0 Å². The minimum absolute atomic E-state index is 0.0721. The number of rotatable bonds is 7. The van der Waals surface area contributed by atoms with Gasteiger partial charge in [0.15, 0.2) is 5.82 Å². The Labute approximate surface area is 152 Å². The lowest BCUT2D eigenvalue weighted by molar-refractivity contribution is -0.116. The summed E-state index contributed by atoms with van der Waals surface area (Å²) in [5.74, 6) is 1.23. The Hall–Kier alpha value is -3.27. The maximum absolute atomic E-state index is 11.7. The average molecular weight is 354 g/mol. The Bertz CT molecular complexity index is 828. The molecule has 0 saturated carbocycles. The second-order valence-electron chi connectivity index (χ2n) is 5.92. The summed E-state index contributed by atoms with van der Waals surface area (Å²) < 4.78 is 11.3. The Balaban J connectivity index is 2.17. The number of nitrogen functional groups attached to an aromatic ring is 1. The van der Waals surface area contributed by atoms with Gasteiger partial charge in [0.25, 0.3) is 0 Å². The van der Waals surface area contributed by atoms with Crippen LogP contribution < -0.4 is 20.5 Å². The molecule has 2 aromatic rings. The number of carbonyl (C=O) groups is 1. The van der Waals surface area contributed by atoms with Gasteiger partial charge in [0.1, 0.15) is 17.6 Å². The molecular formula is C19H22N4O3. The predicted molar refractivity (Wildman–Crippen MR) is 99.2 cm³/mol. The highest BCUT2D eigenvalue weighted by Crippen LogP contribution is 2.29. The maximum atomic E-state index is 11.7. The van der Waals surface area contributed by atoms with Crippen molar-refractivity contribution < 1.29 is 14.3 Å². The van der Waals surface area contributed by atoms with E-state index in [0.717, 1.165) is 6.42 Å². The summed E-state index contributed by atoms with van der Waals surface area (Å²) in [6.07, 6.45) is 1.10. The molecule has 7 heteroatoms. The molecule has 0 spiro atoms. The first-order valence-corrected chi connectivity index (χ1v) is 8.38. The lowest BCUT2D eigenvalue weighted by atomic mass is 10.2. The van der Waals surface area contributed by atoms with Crippen LogP contribution >= 0.6 is 0 Å². The van der Waals surface area contributed by atoms with Gasteiger partial charge in [-0.1, -0.05) is 6.92 Å². The highest BCUT2D eigenvalue weighted by Gasteiger charge is 2.11. The standard InChI is InChI=1S/C19H22N4O3/c1-4-5-17(24)22-15-8-9-18(23-19(15)21)26-14-7-6-13(11-20)16(10-14)25-12(2)3/h6-10,12H,4-5H2,1-3H3,(H2,21,23)(H,22,24). The Morgan fingerprint density at radius 3 is 2.73 bits per heavy atom. The molecule has 0 bridgehead atoms. The summed E-state index contributed by atoms with van der Waals surface area (Å²) in [5.41, 5.74) is 6.75. The number of nitrogens with one attached hydrogen (secondary N) is 1. The molecule has 1 amide bonds. The number of hydrogen-bond donors (Lipinski definition) is 2. The number of aromatic nitrogens is 1. The van der Waals surface area contributed by atoms with Gasteiger partial charge >= 0.3 is 0 Å². The summed E-state index contributed by atoms with van der Waals surface area (Å²) in [5, 5.41) is 11.9. The summed E-state index contributed by atoms with van der Waals surface area (Å²) in [4.78, 5) is 15.8. The molecule has 7 nitrogen and oxygen atoms in total. The van der Waals surface area contributed by atoms with E-state index in [9.17, 15) is 4.79 Å². The van der Waals surface area contributed by atoms with Crippen LogP contribution in [0, 0.1) is 11.3 Å². The van der Waals surface area contributed by atoms with E-state index in [1.165, 1.54) is 0 Å². The van der Waals surface area contributed by atoms with Gasteiger partial charge in [-0.3, -0.25) is 4.79 Å². The lowest BCUT2D eigenvalue weighted by Gasteiger charge is -2.13. The molecule has 0 radical (unpaired) electrons. The van der Waals surface area contributed by atoms with Crippen LogP contribution in [0.1, 0.15) is 39.2 Å². The van der Waals surface area contributed by atoms with Gasteiger partial charge in [-0.15, -0.1) is 0 Å². The number of benzene rings is 1. The molecule has 26 heavy (non-hydrogen) atoms. The van der Waals surface area contributed by atoms with Gasteiger partial charge in [-0.2, -0.15) is 10.2 Å². The lowest BCUT2D eigenvalue weighted by Crippen LogP contribution is -2.12. The van der Waals surface area contributed by atoms with Crippen LogP contribution in [0.25, 0.3) is 0 Å². The molecule has 0 aliphatic rings. The third kappa shape index (κ3) is 5.11. The van der Waals surface area contributed by atoms with E-state index < -0.39 is 0 Å². The first kappa shape index (κ1) is 19.1. The van der Waals surface area contributed by atoms with Crippen LogP contribution in [0.4, 0.5) is 11.5 Å². The molecule has 136 valence electrons. The molecular weight excluding hydrogens is 332 g/mol. The molecule has 1 aromatic heterocycles. The highest BCUT2D eigenvalue weighted by molar-refractivity contribution is 5.93. The number of nitriles is 1. The number of carbonyl (C=O) groups excluding carboxylic acids is 1. The van der Waals surface area contributed by atoms with E-state index >= 15 is 0 Å². The maximum Gasteiger partial charge on any atom is 0.224 e. The van der Waals surface area contributed by atoms with E-state index in [1.54, 1.807) is 30.3 Å². The van der Waals surface area contributed by atoms with Crippen LogP contribution in [-0.4, -0.2) is 17.0 Å². The zero-order chi connectivity index (χ0) is 19.1. The van der Waals surface area contributed by atoms with Crippen molar-refractivity contribution in [2.24, 2.45) is 0 Å². The average Bonchev–Trinajstić information content (AvgIpc) is 2.57. The smallest absolute Gasteiger partial charge is 0.224 e. The summed E-state index contributed by atoms with van der Waals surface area (Å²) in [6.45, 7) is 5.68. The van der Waals surface area contributed by atoms with E-state index in [0.29, 0.717) is 29.2 Å². The van der Waals surface area contributed by atoms with E-state index in [-0.39, 0.29) is 23.7 Å². The SMILES string of the molecule is CCCC(=O)Nc1ccc(Oc2ccc(C#N)c(OC(C)C)c2)nc1N. The summed E-state index contributed by atoms with van der Waals surface area (Å²) >= 11 is 0. The first-order chi connectivity index (χ1) is 12.4. The van der Waals surface area contributed by atoms with Crippen molar-refractivity contribution in [1.82, 2.24) is 4.98 Å². The third-order valence-corrected chi connectivity index (χ3v) is 3.31. The van der Waals surface area contributed by atoms with Crippen molar-refractivity contribution in [2.45, 2.75) is 39.7 Å². The predicted octanol–water partition coefficient (Wildman–Crippen LogP) is 3.85. The molecule has 2 rings (SSSR count). The third-order valence-electron chi connectivity index (χ3n) is 3.31. The number of nitrogens with two attached hydrogens (primary N) is 1. The molecule has 1 heterocycles. The van der Waals surface area contributed by atoms with E-state index in [4.69, 9.17) is 20.5 Å². The van der Waals surface area contributed by atoms with Crippen LogP contribution in [0.2, 0.25) is 0 Å². The summed E-state index contributed by atoms with van der Waals surface area (Å²) in [7, 11) is 0. The Morgan fingerprint density at radius 2 is 2.12 bits per heavy atom. The fraction of sp³-hybridized carbons (Fsp3) is 0.316. The van der Waals surface area contributed by atoms with Crippen molar-refractivity contribution in [3.05, 3.63) is 35.9 Å². The second-order valence-corrected chi connectivity index (χ2v) is 5.92. The Kier molecular flexibility index (Phi) is 6.39. The van der Waals surface area contributed by atoms with Crippen molar-refractivity contribution >= 4 is 17.4 Å². The number of hydrogen-bond acceptors (Lipinski definition) is 6. The summed E-state index contributed by atoms with van der Waals surface area (Å²) in [6, 6.07) is 10.2. The van der Waals surface area contributed by atoms with Crippen molar-refractivity contribution in [1.29, 1.82) is 5.26 Å². The van der Waals surface area contributed by atoms with Crippen molar-refractivity contribution in [2.75, 3.05) is 11.1 Å². The van der Waals surface area contributed by atoms with Crippen molar-refractivity contribution in [3.8, 4) is 23.4 Å². The highest BCUT2D eigenvalue weighted by atomic mass is 16.5. The number of nitrogens with zero attached hydrogens (tertiary/aromatic N) is 2. The molecule has 0 fully saturated rings. The van der Waals surface area contributed by atoms with E-state index in [1.807, 2.05) is 20.8 Å².